The highest BCUT2D eigenvalue weighted by molar-refractivity contribution is 6.35. The number of nitrogens with one attached hydrogen (secondary N) is 2. The molecule has 0 saturated carbocycles. The molecule has 1 saturated heterocycles. The highest BCUT2D eigenvalue weighted by atomic mass is 35.5. The zero-order chi connectivity index (χ0) is 18.7. The van der Waals surface area contributed by atoms with Gasteiger partial charge in [0.2, 0.25) is 5.91 Å². The number of halogens is 4. The van der Waals surface area contributed by atoms with Crippen molar-refractivity contribution in [2.45, 2.75) is 19.4 Å². The molecule has 2 aromatic carbocycles. The number of hydrogen-bond acceptors (Lipinski definition) is 2. The summed E-state index contributed by atoms with van der Waals surface area (Å²) in [4.78, 5) is 12.7. The molecule has 27 heavy (non-hydrogen) atoms. The van der Waals surface area contributed by atoms with Crippen molar-refractivity contribution < 1.29 is 9.18 Å². The molecule has 3 rings (SSSR count). The van der Waals surface area contributed by atoms with E-state index in [1.54, 1.807) is 24.3 Å². The lowest BCUT2D eigenvalue weighted by Gasteiger charge is -2.33. The van der Waals surface area contributed by atoms with E-state index in [2.05, 4.69) is 10.6 Å². The van der Waals surface area contributed by atoms with Gasteiger partial charge in [-0.15, -0.1) is 12.4 Å². The van der Waals surface area contributed by atoms with Gasteiger partial charge in [-0.3, -0.25) is 4.79 Å². The largest absolute Gasteiger partial charge is 0.349 e. The molecule has 1 aliphatic heterocycles. The van der Waals surface area contributed by atoms with Gasteiger partial charge in [-0.2, -0.15) is 0 Å². The smallest absolute Gasteiger partial charge is 0.223 e. The van der Waals surface area contributed by atoms with E-state index in [1.165, 1.54) is 12.1 Å². The molecule has 7 heteroatoms. The lowest BCUT2D eigenvalue weighted by Crippen LogP contribution is -2.50. The zero-order valence-electron chi connectivity index (χ0n) is 14.8. The van der Waals surface area contributed by atoms with Gasteiger partial charge in [-0.05, 0) is 60.8 Å². The first-order chi connectivity index (χ1) is 12.4. The van der Waals surface area contributed by atoms with Crippen molar-refractivity contribution in [3.63, 3.8) is 0 Å². The predicted octanol–water partition coefficient (Wildman–Crippen LogP) is 4.81. The summed E-state index contributed by atoms with van der Waals surface area (Å²) in [6.45, 7) is 3.66. The maximum absolute atomic E-state index is 13.3. The van der Waals surface area contributed by atoms with Crippen molar-refractivity contribution in [1.29, 1.82) is 0 Å². The average molecular weight is 432 g/mol. The molecule has 1 aliphatic rings. The normalized spacial score (nSPS) is 16.0. The number of benzene rings is 2. The van der Waals surface area contributed by atoms with Crippen LogP contribution in [0.4, 0.5) is 4.39 Å². The van der Waals surface area contributed by atoms with Crippen LogP contribution in [0.25, 0.3) is 0 Å². The number of amides is 1. The maximum Gasteiger partial charge on any atom is 0.223 e. The standard InChI is InChI=1S/C20H21Cl2FN2O.ClH/c1-12(15-10-24-11-15)20(26)25-19(13-3-6-17(23)7-4-13)8-14-2-5-16(21)9-18(14)22;/h2-7,9,12,15,19,24H,8,10-11H2,1H3,(H,25,26);1H. The first kappa shape index (κ1) is 22.0. The Hall–Kier alpha value is -1.33. The quantitative estimate of drug-likeness (QED) is 0.689. The molecule has 0 bridgehead atoms. The fraction of sp³-hybridized carbons (Fsp3) is 0.350. The molecule has 0 aromatic heterocycles. The van der Waals surface area contributed by atoms with Gasteiger partial charge in [0.1, 0.15) is 5.82 Å². The van der Waals surface area contributed by atoms with E-state index in [-0.39, 0.29) is 36.1 Å². The molecular formula is C20H22Cl3FN2O. The Bertz CT molecular complexity index is 781. The second-order valence-electron chi connectivity index (χ2n) is 6.76. The Balaban J connectivity index is 0.00000261. The maximum atomic E-state index is 13.3. The first-order valence-corrected chi connectivity index (χ1v) is 9.40. The summed E-state index contributed by atoms with van der Waals surface area (Å²) in [6, 6.07) is 11.2. The van der Waals surface area contributed by atoms with Gasteiger partial charge >= 0.3 is 0 Å². The van der Waals surface area contributed by atoms with Crippen LogP contribution in [0.2, 0.25) is 10.0 Å². The van der Waals surface area contributed by atoms with Gasteiger partial charge < -0.3 is 10.6 Å². The van der Waals surface area contributed by atoms with Gasteiger partial charge in [0.15, 0.2) is 0 Å². The summed E-state index contributed by atoms with van der Waals surface area (Å²) in [5.74, 6) is -0.0453. The third-order valence-electron chi connectivity index (χ3n) is 4.96. The van der Waals surface area contributed by atoms with E-state index in [1.807, 2.05) is 13.0 Å². The van der Waals surface area contributed by atoms with Crippen LogP contribution >= 0.6 is 35.6 Å². The van der Waals surface area contributed by atoms with Crippen LogP contribution in [-0.4, -0.2) is 19.0 Å². The number of hydrogen-bond donors (Lipinski definition) is 2. The monoisotopic (exact) mass is 430 g/mol. The van der Waals surface area contributed by atoms with Crippen LogP contribution in [0.3, 0.4) is 0 Å². The molecule has 146 valence electrons. The van der Waals surface area contributed by atoms with Gasteiger partial charge in [0.05, 0.1) is 6.04 Å². The van der Waals surface area contributed by atoms with Crippen LogP contribution in [-0.2, 0) is 11.2 Å². The molecule has 3 nitrogen and oxygen atoms in total. The van der Waals surface area contributed by atoms with Crippen LogP contribution in [0.5, 0.6) is 0 Å². The van der Waals surface area contributed by atoms with E-state index in [0.717, 1.165) is 24.2 Å². The molecule has 2 aromatic rings. The summed E-state index contributed by atoms with van der Waals surface area (Å²) in [5, 5.41) is 7.41. The summed E-state index contributed by atoms with van der Waals surface area (Å²) >= 11 is 12.3. The molecule has 1 amide bonds. The number of rotatable bonds is 6. The molecule has 0 aliphatic carbocycles. The Kier molecular flexibility index (Phi) is 7.92. The minimum Gasteiger partial charge on any atom is -0.349 e. The Morgan fingerprint density at radius 1 is 1.22 bits per heavy atom. The van der Waals surface area contributed by atoms with Crippen molar-refractivity contribution in [3.05, 3.63) is 69.5 Å². The molecule has 1 heterocycles. The lowest BCUT2D eigenvalue weighted by atomic mass is 9.87. The van der Waals surface area contributed by atoms with Gasteiger partial charge in [0, 0.05) is 16.0 Å². The number of carbonyl (C=O) groups is 1. The van der Waals surface area contributed by atoms with Gasteiger partial charge in [0.25, 0.3) is 0 Å². The van der Waals surface area contributed by atoms with Gasteiger partial charge in [-0.25, -0.2) is 4.39 Å². The van der Waals surface area contributed by atoms with E-state index in [9.17, 15) is 9.18 Å². The zero-order valence-corrected chi connectivity index (χ0v) is 17.2. The minimum absolute atomic E-state index is 0. The van der Waals surface area contributed by atoms with E-state index in [0.29, 0.717) is 22.4 Å². The number of carbonyl (C=O) groups excluding carboxylic acids is 1. The Morgan fingerprint density at radius 3 is 2.44 bits per heavy atom. The minimum atomic E-state index is -0.308. The van der Waals surface area contributed by atoms with Crippen molar-refractivity contribution >= 4 is 41.5 Å². The van der Waals surface area contributed by atoms with Crippen LogP contribution in [0, 0.1) is 17.7 Å². The fourth-order valence-electron chi connectivity index (χ4n) is 3.04. The molecule has 1 fully saturated rings. The third kappa shape index (κ3) is 5.58. The SMILES string of the molecule is CC(C(=O)NC(Cc1ccc(Cl)cc1Cl)c1ccc(F)cc1)C1CNC1.Cl. The first-order valence-electron chi connectivity index (χ1n) is 8.64. The van der Waals surface area contributed by atoms with E-state index < -0.39 is 0 Å². The summed E-state index contributed by atoms with van der Waals surface area (Å²) in [5.41, 5.74) is 1.72. The summed E-state index contributed by atoms with van der Waals surface area (Å²) in [6.07, 6.45) is 0.503. The van der Waals surface area contributed by atoms with Crippen LogP contribution in [0.1, 0.15) is 24.1 Å². The summed E-state index contributed by atoms with van der Waals surface area (Å²) in [7, 11) is 0. The highest BCUT2D eigenvalue weighted by Gasteiger charge is 2.30. The van der Waals surface area contributed by atoms with E-state index >= 15 is 0 Å². The van der Waals surface area contributed by atoms with Crippen molar-refractivity contribution in [1.82, 2.24) is 10.6 Å². The van der Waals surface area contributed by atoms with Crippen molar-refractivity contribution in [2.24, 2.45) is 11.8 Å². The topological polar surface area (TPSA) is 41.1 Å². The lowest BCUT2D eigenvalue weighted by molar-refractivity contribution is -0.127. The van der Waals surface area contributed by atoms with Gasteiger partial charge in [-0.1, -0.05) is 48.3 Å². The van der Waals surface area contributed by atoms with Crippen LogP contribution in [0.15, 0.2) is 42.5 Å². The Morgan fingerprint density at radius 2 is 1.89 bits per heavy atom. The van der Waals surface area contributed by atoms with Crippen molar-refractivity contribution in [3.8, 4) is 0 Å². The molecule has 2 atom stereocenters. The molecule has 0 spiro atoms. The van der Waals surface area contributed by atoms with E-state index in [4.69, 9.17) is 23.2 Å². The molecule has 2 N–H and O–H groups in total. The average Bonchev–Trinajstić information content (AvgIpc) is 2.55. The van der Waals surface area contributed by atoms with Crippen LogP contribution < -0.4 is 10.6 Å². The molecule has 2 unspecified atom stereocenters. The predicted molar refractivity (Wildman–Crippen MR) is 110 cm³/mol. The second kappa shape index (κ2) is 9.74. The fourth-order valence-corrected chi connectivity index (χ4v) is 3.52. The Labute approximate surface area is 175 Å². The molecule has 0 radical (unpaired) electrons. The highest BCUT2D eigenvalue weighted by Crippen LogP contribution is 2.27. The molecular weight excluding hydrogens is 410 g/mol. The third-order valence-corrected chi connectivity index (χ3v) is 5.55. The summed E-state index contributed by atoms with van der Waals surface area (Å²) < 4.78 is 13.3. The van der Waals surface area contributed by atoms with Crippen molar-refractivity contribution in [2.75, 3.05) is 13.1 Å². The second-order valence-corrected chi connectivity index (χ2v) is 7.60.